The third kappa shape index (κ3) is 5.99. The van der Waals surface area contributed by atoms with Gasteiger partial charge in [-0.1, -0.05) is 54.6 Å². The number of primary sulfonamides is 1. The largest absolute Gasteiger partial charge is 0.383 e. The van der Waals surface area contributed by atoms with Gasteiger partial charge in [-0.2, -0.15) is 5.10 Å². The summed E-state index contributed by atoms with van der Waals surface area (Å²) in [5, 5.41) is 11.3. The van der Waals surface area contributed by atoms with Gasteiger partial charge in [0.15, 0.2) is 5.65 Å². The standard InChI is InChI=1S/C30H38N8O2S/c1-36-15-17-37(18-16-36)24-11-13-25(14-12-24)38-30-27(29(31)33-20-34-30)28(35-38)23-9-7-22(8-10-23)26(19-41(32,39)40)21-5-3-2-4-6-21/h2-10,20,24-26H,11-19H2,1H3,(H2,31,33,34)(H2,32,39,40). The maximum absolute atomic E-state index is 12.1. The Morgan fingerprint density at radius 1 is 0.878 bits per heavy atom. The molecule has 2 fully saturated rings. The summed E-state index contributed by atoms with van der Waals surface area (Å²) in [6.07, 6.45) is 5.89. The van der Waals surface area contributed by atoms with Crippen LogP contribution in [0.3, 0.4) is 0 Å². The third-order valence-corrected chi connectivity index (χ3v) is 9.57. The van der Waals surface area contributed by atoms with E-state index in [-0.39, 0.29) is 17.7 Å². The molecule has 1 atom stereocenters. The van der Waals surface area contributed by atoms with E-state index >= 15 is 0 Å². The number of hydrogen-bond donors (Lipinski definition) is 2. The quantitative estimate of drug-likeness (QED) is 0.343. The van der Waals surface area contributed by atoms with E-state index in [2.05, 4.69) is 31.5 Å². The van der Waals surface area contributed by atoms with Gasteiger partial charge in [0.25, 0.3) is 0 Å². The molecule has 2 aromatic heterocycles. The first-order valence-electron chi connectivity index (χ1n) is 14.3. The molecule has 3 heterocycles. The zero-order chi connectivity index (χ0) is 28.6. The van der Waals surface area contributed by atoms with Gasteiger partial charge in [-0.25, -0.2) is 28.2 Å². The Morgan fingerprint density at radius 2 is 1.51 bits per heavy atom. The number of hydrogen-bond acceptors (Lipinski definition) is 8. The number of nitrogens with zero attached hydrogens (tertiary/aromatic N) is 6. The van der Waals surface area contributed by atoms with Gasteiger partial charge in [0, 0.05) is 43.7 Å². The minimum absolute atomic E-state index is 0.175. The van der Waals surface area contributed by atoms with Crippen LogP contribution >= 0.6 is 0 Å². The maximum Gasteiger partial charge on any atom is 0.210 e. The Labute approximate surface area is 241 Å². The molecule has 1 aliphatic heterocycles. The van der Waals surface area contributed by atoms with E-state index < -0.39 is 10.0 Å². The third-order valence-electron chi connectivity index (χ3n) is 8.77. The average Bonchev–Trinajstić information content (AvgIpc) is 3.38. The summed E-state index contributed by atoms with van der Waals surface area (Å²) in [4.78, 5) is 14.0. The number of anilines is 1. The predicted molar refractivity (Wildman–Crippen MR) is 162 cm³/mol. The van der Waals surface area contributed by atoms with Gasteiger partial charge in [-0.15, -0.1) is 0 Å². The highest BCUT2D eigenvalue weighted by Gasteiger charge is 2.31. The first kappa shape index (κ1) is 27.8. The number of piperazine rings is 1. The summed E-state index contributed by atoms with van der Waals surface area (Å²) in [5.74, 6) is -0.146. The molecule has 1 aliphatic carbocycles. The molecule has 4 aromatic rings. The lowest BCUT2D eigenvalue weighted by Crippen LogP contribution is -2.49. The van der Waals surface area contributed by atoms with Crippen molar-refractivity contribution in [2.45, 2.75) is 43.7 Å². The number of sulfonamides is 1. The van der Waals surface area contributed by atoms with Crippen molar-refractivity contribution >= 4 is 26.9 Å². The second kappa shape index (κ2) is 11.5. The number of rotatable bonds is 7. The Hall–Kier alpha value is -3.38. The molecule has 0 amide bonds. The number of aromatic nitrogens is 4. The lowest BCUT2D eigenvalue weighted by molar-refractivity contribution is 0.0815. The zero-order valence-corrected chi connectivity index (χ0v) is 24.2. The molecule has 2 aliphatic rings. The molecule has 1 saturated heterocycles. The minimum atomic E-state index is -3.69. The first-order valence-corrected chi connectivity index (χ1v) is 16.1. The average molecular weight is 575 g/mol. The molecule has 0 bridgehead atoms. The van der Waals surface area contributed by atoms with Gasteiger partial charge in [0.1, 0.15) is 17.8 Å². The van der Waals surface area contributed by atoms with E-state index in [0.717, 1.165) is 85.3 Å². The summed E-state index contributed by atoms with van der Waals surface area (Å²) in [6.45, 7) is 4.55. The van der Waals surface area contributed by atoms with Crippen LogP contribution in [0.25, 0.3) is 22.3 Å². The molecule has 0 spiro atoms. The highest BCUT2D eigenvalue weighted by Crippen LogP contribution is 2.37. The summed E-state index contributed by atoms with van der Waals surface area (Å²) < 4.78 is 26.2. The molecular formula is C30H38N8O2S. The van der Waals surface area contributed by atoms with Gasteiger partial charge >= 0.3 is 0 Å². The number of fused-ring (bicyclic) bond motifs is 1. The van der Waals surface area contributed by atoms with Crippen molar-refractivity contribution in [3.63, 3.8) is 0 Å². The molecule has 2 aromatic carbocycles. The number of benzene rings is 2. The first-order chi connectivity index (χ1) is 19.8. The van der Waals surface area contributed by atoms with Crippen LogP contribution in [0.15, 0.2) is 60.9 Å². The van der Waals surface area contributed by atoms with E-state index in [1.807, 2.05) is 54.6 Å². The summed E-state index contributed by atoms with van der Waals surface area (Å²) in [6, 6.07) is 18.3. The van der Waals surface area contributed by atoms with E-state index in [0.29, 0.717) is 11.9 Å². The van der Waals surface area contributed by atoms with Crippen molar-refractivity contribution in [2.75, 3.05) is 44.7 Å². The van der Waals surface area contributed by atoms with Gasteiger partial charge in [0.05, 0.1) is 17.2 Å². The topological polar surface area (TPSA) is 136 Å². The zero-order valence-electron chi connectivity index (χ0n) is 23.4. The van der Waals surface area contributed by atoms with E-state index in [9.17, 15) is 8.42 Å². The van der Waals surface area contributed by atoms with Crippen LogP contribution in [0, 0.1) is 0 Å². The number of likely N-dealkylation sites (N-methyl/N-ethyl adjacent to an activating group) is 1. The maximum atomic E-state index is 12.1. The summed E-state index contributed by atoms with van der Waals surface area (Å²) in [7, 11) is -1.50. The van der Waals surface area contributed by atoms with Crippen LogP contribution in [0.2, 0.25) is 0 Å². The Bertz CT molecular complexity index is 1590. The molecule has 0 radical (unpaired) electrons. The van der Waals surface area contributed by atoms with Gasteiger partial charge in [-0.05, 0) is 43.9 Å². The second-order valence-electron chi connectivity index (χ2n) is 11.5. The molecule has 1 saturated carbocycles. The van der Waals surface area contributed by atoms with Crippen molar-refractivity contribution in [3.8, 4) is 11.3 Å². The molecule has 1 unspecified atom stereocenters. The highest BCUT2D eigenvalue weighted by atomic mass is 32.2. The van der Waals surface area contributed by atoms with Crippen LogP contribution in [-0.4, -0.2) is 83.0 Å². The van der Waals surface area contributed by atoms with Crippen molar-refractivity contribution < 1.29 is 8.42 Å². The lowest BCUT2D eigenvalue weighted by Gasteiger charge is -2.41. The summed E-state index contributed by atoms with van der Waals surface area (Å²) >= 11 is 0. The Morgan fingerprint density at radius 3 is 2.17 bits per heavy atom. The Kier molecular flexibility index (Phi) is 7.78. The van der Waals surface area contributed by atoms with Gasteiger partial charge in [0.2, 0.25) is 10.0 Å². The lowest BCUT2D eigenvalue weighted by atomic mass is 9.90. The molecule has 6 rings (SSSR count). The van der Waals surface area contributed by atoms with Crippen LogP contribution in [0.5, 0.6) is 0 Å². The van der Waals surface area contributed by atoms with Crippen molar-refractivity contribution in [3.05, 3.63) is 72.1 Å². The molecule has 216 valence electrons. The number of nitrogens with two attached hydrogens (primary N) is 2. The van der Waals surface area contributed by atoms with E-state index in [1.54, 1.807) is 0 Å². The predicted octanol–water partition coefficient (Wildman–Crippen LogP) is 3.23. The second-order valence-corrected chi connectivity index (χ2v) is 13.1. The molecule has 11 heteroatoms. The fraction of sp³-hybridized carbons (Fsp3) is 0.433. The van der Waals surface area contributed by atoms with Gasteiger partial charge < -0.3 is 10.6 Å². The monoisotopic (exact) mass is 574 g/mol. The van der Waals surface area contributed by atoms with E-state index in [1.165, 1.54) is 6.33 Å². The van der Waals surface area contributed by atoms with E-state index in [4.69, 9.17) is 16.0 Å². The molecular weight excluding hydrogens is 536 g/mol. The minimum Gasteiger partial charge on any atom is -0.383 e. The van der Waals surface area contributed by atoms with Crippen molar-refractivity contribution in [1.82, 2.24) is 29.5 Å². The molecule has 4 N–H and O–H groups in total. The van der Waals surface area contributed by atoms with Crippen molar-refractivity contribution in [2.24, 2.45) is 5.14 Å². The van der Waals surface area contributed by atoms with Crippen LogP contribution in [0.1, 0.15) is 48.8 Å². The summed E-state index contributed by atoms with van der Waals surface area (Å²) in [5.41, 5.74) is 10.5. The highest BCUT2D eigenvalue weighted by molar-refractivity contribution is 7.89. The smallest absolute Gasteiger partial charge is 0.210 e. The SMILES string of the molecule is CN1CCN(C2CCC(n3nc(-c4ccc(C(CS(N)(=O)=O)c5ccccc5)cc4)c4c(N)ncnc43)CC2)CC1. The van der Waals surface area contributed by atoms with Crippen LogP contribution in [0.4, 0.5) is 5.82 Å². The normalized spacial score (nSPS) is 21.7. The fourth-order valence-corrected chi connectivity index (χ4v) is 7.33. The van der Waals surface area contributed by atoms with Crippen molar-refractivity contribution in [1.29, 1.82) is 0 Å². The number of nitrogen functional groups attached to an aromatic ring is 1. The van der Waals surface area contributed by atoms with Crippen LogP contribution < -0.4 is 10.9 Å². The fourth-order valence-electron chi connectivity index (χ4n) is 6.48. The van der Waals surface area contributed by atoms with Gasteiger partial charge in [-0.3, -0.25) is 4.90 Å². The molecule has 41 heavy (non-hydrogen) atoms. The molecule has 10 nitrogen and oxygen atoms in total. The van der Waals surface area contributed by atoms with Crippen LogP contribution in [-0.2, 0) is 10.0 Å². The Balaban J connectivity index is 1.28.